The van der Waals surface area contributed by atoms with Crippen LogP contribution in [0.2, 0.25) is 0 Å². The third-order valence-electron chi connectivity index (χ3n) is 3.74. The van der Waals surface area contributed by atoms with Gasteiger partial charge in [-0.05, 0) is 58.6 Å². The van der Waals surface area contributed by atoms with Crippen molar-refractivity contribution >= 4 is 0 Å². The zero-order valence-electron chi connectivity index (χ0n) is 10.7. The predicted molar refractivity (Wildman–Crippen MR) is 66.7 cm³/mol. The minimum Gasteiger partial charge on any atom is -0.314 e. The van der Waals surface area contributed by atoms with Gasteiger partial charge in [0.2, 0.25) is 0 Å². The number of aromatic nitrogens is 2. The standard InChI is InChI=1S/C13H23N3/c1-4-16-11(3)13(10(2)15-16)8-7-12-6-5-9-14-12/h12,14H,4-9H2,1-3H3. The normalized spacial score (nSPS) is 20.6. The average Bonchev–Trinajstić information content (AvgIpc) is 2.86. The summed E-state index contributed by atoms with van der Waals surface area (Å²) in [7, 11) is 0. The Hall–Kier alpha value is -0.830. The van der Waals surface area contributed by atoms with E-state index in [9.17, 15) is 0 Å². The summed E-state index contributed by atoms with van der Waals surface area (Å²) in [5, 5.41) is 8.13. The number of hydrogen-bond donors (Lipinski definition) is 1. The molecule has 1 aliphatic heterocycles. The molecule has 1 N–H and O–H groups in total. The van der Waals surface area contributed by atoms with Crippen LogP contribution in [-0.4, -0.2) is 22.4 Å². The summed E-state index contributed by atoms with van der Waals surface area (Å²) in [6, 6.07) is 0.740. The maximum atomic E-state index is 4.57. The van der Waals surface area contributed by atoms with E-state index in [0.717, 1.165) is 12.6 Å². The van der Waals surface area contributed by atoms with Gasteiger partial charge in [-0.25, -0.2) is 0 Å². The zero-order chi connectivity index (χ0) is 11.5. The molecule has 1 aromatic rings. The van der Waals surface area contributed by atoms with Gasteiger partial charge in [-0.15, -0.1) is 0 Å². The SMILES string of the molecule is CCn1nc(C)c(CCC2CCCN2)c1C. The Kier molecular flexibility index (Phi) is 3.64. The van der Waals surface area contributed by atoms with E-state index in [2.05, 4.69) is 35.9 Å². The van der Waals surface area contributed by atoms with Crippen LogP contribution in [0.15, 0.2) is 0 Å². The fraction of sp³-hybridized carbons (Fsp3) is 0.769. The van der Waals surface area contributed by atoms with E-state index >= 15 is 0 Å². The van der Waals surface area contributed by atoms with Crippen LogP contribution in [0.3, 0.4) is 0 Å². The molecule has 0 aromatic carbocycles. The van der Waals surface area contributed by atoms with E-state index in [1.54, 1.807) is 0 Å². The Morgan fingerprint density at radius 3 is 2.81 bits per heavy atom. The zero-order valence-corrected chi connectivity index (χ0v) is 10.7. The summed E-state index contributed by atoms with van der Waals surface area (Å²) < 4.78 is 2.12. The van der Waals surface area contributed by atoms with Gasteiger partial charge in [-0.2, -0.15) is 5.10 Å². The summed E-state index contributed by atoms with van der Waals surface area (Å²) >= 11 is 0. The third kappa shape index (κ3) is 2.29. The molecule has 3 nitrogen and oxygen atoms in total. The molecular formula is C13H23N3. The van der Waals surface area contributed by atoms with Gasteiger partial charge in [0.15, 0.2) is 0 Å². The van der Waals surface area contributed by atoms with Gasteiger partial charge >= 0.3 is 0 Å². The molecular weight excluding hydrogens is 198 g/mol. The maximum absolute atomic E-state index is 4.57. The quantitative estimate of drug-likeness (QED) is 0.844. The van der Waals surface area contributed by atoms with Crippen LogP contribution >= 0.6 is 0 Å². The topological polar surface area (TPSA) is 29.9 Å². The lowest BCUT2D eigenvalue weighted by Gasteiger charge is -2.09. The summed E-state index contributed by atoms with van der Waals surface area (Å²) in [6.45, 7) is 8.67. The first-order chi connectivity index (χ1) is 7.72. The van der Waals surface area contributed by atoms with Crippen molar-refractivity contribution in [3.63, 3.8) is 0 Å². The fourth-order valence-electron chi connectivity index (χ4n) is 2.73. The molecule has 0 saturated carbocycles. The molecule has 0 aliphatic carbocycles. The Morgan fingerprint density at radius 1 is 1.44 bits per heavy atom. The van der Waals surface area contributed by atoms with Gasteiger partial charge in [-0.3, -0.25) is 4.68 Å². The molecule has 90 valence electrons. The lowest BCUT2D eigenvalue weighted by molar-refractivity contribution is 0.557. The van der Waals surface area contributed by atoms with Crippen molar-refractivity contribution in [2.75, 3.05) is 6.54 Å². The smallest absolute Gasteiger partial charge is 0.0628 e. The minimum atomic E-state index is 0.740. The van der Waals surface area contributed by atoms with Gasteiger partial charge in [0, 0.05) is 18.3 Å². The van der Waals surface area contributed by atoms with Crippen LogP contribution in [0.1, 0.15) is 43.1 Å². The second-order valence-electron chi connectivity index (χ2n) is 4.80. The lowest BCUT2D eigenvalue weighted by atomic mass is 10.0. The molecule has 1 atom stereocenters. The predicted octanol–water partition coefficient (Wildman–Crippen LogP) is 2.20. The van der Waals surface area contributed by atoms with E-state index in [1.807, 2.05) is 0 Å². The molecule has 1 aliphatic rings. The summed E-state index contributed by atoms with van der Waals surface area (Å²) in [6.07, 6.45) is 5.13. The molecule has 3 heteroatoms. The summed E-state index contributed by atoms with van der Waals surface area (Å²) in [5.74, 6) is 0. The van der Waals surface area contributed by atoms with Crippen molar-refractivity contribution in [3.05, 3.63) is 17.0 Å². The van der Waals surface area contributed by atoms with Crippen LogP contribution in [0, 0.1) is 13.8 Å². The highest BCUT2D eigenvalue weighted by Crippen LogP contribution is 2.18. The lowest BCUT2D eigenvalue weighted by Crippen LogP contribution is -2.21. The number of nitrogens with one attached hydrogen (secondary N) is 1. The molecule has 1 aromatic heterocycles. The Balaban J connectivity index is 2.00. The van der Waals surface area contributed by atoms with Crippen molar-refractivity contribution < 1.29 is 0 Å². The first-order valence-electron chi connectivity index (χ1n) is 6.48. The number of rotatable bonds is 4. The van der Waals surface area contributed by atoms with Crippen molar-refractivity contribution in [2.24, 2.45) is 0 Å². The van der Waals surface area contributed by atoms with Crippen LogP contribution < -0.4 is 5.32 Å². The maximum Gasteiger partial charge on any atom is 0.0628 e. The monoisotopic (exact) mass is 221 g/mol. The minimum absolute atomic E-state index is 0.740. The molecule has 0 amide bonds. The van der Waals surface area contributed by atoms with E-state index in [-0.39, 0.29) is 0 Å². The molecule has 1 saturated heterocycles. The van der Waals surface area contributed by atoms with Gasteiger partial charge in [0.25, 0.3) is 0 Å². The average molecular weight is 221 g/mol. The summed E-state index contributed by atoms with van der Waals surface area (Å²) in [5.41, 5.74) is 4.05. The molecule has 1 unspecified atom stereocenters. The second-order valence-corrected chi connectivity index (χ2v) is 4.80. The van der Waals surface area contributed by atoms with E-state index in [0.29, 0.717) is 0 Å². The molecule has 2 rings (SSSR count). The molecule has 2 heterocycles. The Morgan fingerprint density at radius 2 is 2.25 bits per heavy atom. The van der Waals surface area contributed by atoms with Gasteiger partial charge in [-0.1, -0.05) is 0 Å². The van der Waals surface area contributed by atoms with Crippen molar-refractivity contribution in [2.45, 2.75) is 59.0 Å². The van der Waals surface area contributed by atoms with Crippen molar-refractivity contribution in [3.8, 4) is 0 Å². The molecule has 1 fully saturated rings. The third-order valence-corrected chi connectivity index (χ3v) is 3.74. The first-order valence-corrected chi connectivity index (χ1v) is 6.48. The second kappa shape index (κ2) is 5.00. The Bertz CT molecular complexity index is 348. The molecule has 16 heavy (non-hydrogen) atoms. The van der Waals surface area contributed by atoms with Crippen LogP contribution in [-0.2, 0) is 13.0 Å². The van der Waals surface area contributed by atoms with E-state index in [4.69, 9.17) is 0 Å². The number of nitrogens with zero attached hydrogens (tertiary/aromatic N) is 2. The van der Waals surface area contributed by atoms with Crippen molar-refractivity contribution in [1.82, 2.24) is 15.1 Å². The van der Waals surface area contributed by atoms with Crippen molar-refractivity contribution in [1.29, 1.82) is 0 Å². The molecule has 0 spiro atoms. The highest BCUT2D eigenvalue weighted by Gasteiger charge is 2.16. The molecule has 0 radical (unpaired) electrons. The van der Waals surface area contributed by atoms with Crippen LogP contribution in [0.25, 0.3) is 0 Å². The molecule has 0 bridgehead atoms. The highest BCUT2D eigenvalue weighted by molar-refractivity contribution is 5.24. The first kappa shape index (κ1) is 11.6. The van der Waals surface area contributed by atoms with E-state index in [1.165, 1.54) is 49.2 Å². The van der Waals surface area contributed by atoms with Crippen LogP contribution in [0.5, 0.6) is 0 Å². The Labute approximate surface area is 98.2 Å². The van der Waals surface area contributed by atoms with Crippen LogP contribution in [0.4, 0.5) is 0 Å². The highest BCUT2D eigenvalue weighted by atomic mass is 15.3. The van der Waals surface area contributed by atoms with Gasteiger partial charge < -0.3 is 5.32 Å². The van der Waals surface area contributed by atoms with Gasteiger partial charge in [0.1, 0.15) is 0 Å². The van der Waals surface area contributed by atoms with E-state index < -0.39 is 0 Å². The summed E-state index contributed by atoms with van der Waals surface area (Å²) in [4.78, 5) is 0. The largest absolute Gasteiger partial charge is 0.314 e. The fourth-order valence-corrected chi connectivity index (χ4v) is 2.73. The number of aryl methyl sites for hydroxylation is 2. The number of hydrogen-bond acceptors (Lipinski definition) is 2. The van der Waals surface area contributed by atoms with Gasteiger partial charge in [0.05, 0.1) is 5.69 Å².